The predicted octanol–water partition coefficient (Wildman–Crippen LogP) is 5.14. The third kappa shape index (κ3) is 8.99. The highest BCUT2D eigenvalue weighted by atomic mass is 16.6. The Bertz CT molecular complexity index is 812. The number of hydrogen-bond acceptors (Lipinski definition) is 4. The largest absolute Gasteiger partial charge is 0.444 e. The highest BCUT2D eigenvalue weighted by Gasteiger charge is 2.40. The van der Waals surface area contributed by atoms with Crippen molar-refractivity contribution in [2.75, 3.05) is 6.54 Å². The maximum absolute atomic E-state index is 13.6. The van der Waals surface area contributed by atoms with Crippen LogP contribution >= 0.6 is 0 Å². The van der Waals surface area contributed by atoms with E-state index in [0.29, 0.717) is 6.42 Å². The van der Waals surface area contributed by atoms with E-state index in [0.717, 1.165) is 30.4 Å². The van der Waals surface area contributed by atoms with Crippen molar-refractivity contribution in [3.8, 4) is 0 Å². The molecule has 1 aromatic carbocycles. The van der Waals surface area contributed by atoms with Crippen LogP contribution in [0, 0.1) is 0 Å². The Morgan fingerprint density at radius 1 is 1.00 bits per heavy atom. The molecular weight excluding hydrogens is 430 g/mol. The molecule has 0 aliphatic carbocycles. The van der Waals surface area contributed by atoms with Gasteiger partial charge in [-0.1, -0.05) is 51.5 Å². The van der Waals surface area contributed by atoms with E-state index >= 15 is 0 Å². The predicted molar refractivity (Wildman–Crippen MR) is 137 cm³/mol. The Balaban J connectivity index is 3.37. The molecule has 2 N–H and O–H groups in total. The zero-order chi connectivity index (χ0) is 26.1. The lowest BCUT2D eigenvalue weighted by molar-refractivity contribution is -0.147. The van der Waals surface area contributed by atoms with Gasteiger partial charge < -0.3 is 20.3 Å². The number of nitrogens with one attached hydrogen (secondary N) is 2. The van der Waals surface area contributed by atoms with Gasteiger partial charge in [0, 0.05) is 11.6 Å². The minimum absolute atomic E-state index is 0.0171. The van der Waals surface area contributed by atoms with Crippen LogP contribution in [0.15, 0.2) is 24.3 Å². The van der Waals surface area contributed by atoms with Crippen molar-refractivity contribution in [2.24, 2.45) is 0 Å². The van der Waals surface area contributed by atoms with Gasteiger partial charge in [-0.3, -0.25) is 9.59 Å². The van der Waals surface area contributed by atoms with Crippen molar-refractivity contribution < 1.29 is 19.1 Å². The molecule has 2 atom stereocenters. The Morgan fingerprint density at radius 3 is 2.06 bits per heavy atom. The monoisotopic (exact) mass is 475 g/mol. The number of alkyl carbamates (subject to hydrolysis) is 1. The molecule has 3 amide bonds. The normalized spacial score (nSPS) is 13.6. The molecular formula is C27H45N3O4. The molecule has 2 unspecified atom stereocenters. The zero-order valence-electron chi connectivity index (χ0n) is 22.6. The van der Waals surface area contributed by atoms with Crippen molar-refractivity contribution in [2.45, 2.75) is 111 Å². The fourth-order valence-electron chi connectivity index (χ4n) is 3.73. The topological polar surface area (TPSA) is 87.7 Å². The number of carbonyl (C=O) groups excluding carboxylic acids is 3. The Kier molecular flexibility index (Phi) is 11.1. The van der Waals surface area contributed by atoms with E-state index in [4.69, 9.17) is 4.74 Å². The number of carbonyl (C=O) groups is 3. The number of ether oxygens (including phenoxy) is 1. The first-order valence-corrected chi connectivity index (χ1v) is 12.4. The van der Waals surface area contributed by atoms with E-state index in [-0.39, 0.29) is 24.4 Å². The average Bonchev–Trinajstić information content (AvgIpc) is 2.74. The van der Waals surface area contributed by atoms with Gasteiger partial charge in [0.1, 0.15) is 18.2 Å². The van der Waals surface area contributed by atoms with Crippen LogP contribution in [-0.4, -0.2) is 46.5 Å². The third-order valence-corrected chi connectivity index (χ3v) is 5.89. The number of benzene rings is 1. The van der Waals surface area contributed by atoms with Gasteiger partial charge in [0.2, 0.25) is 11.8 Å². The van der Waals surface area contributed by atoms with Crippen molar-refractivity contribution in [1.82, 2.24) is 15.5 Å². The van der Waals surface area contributed by atoms with Crippen LogP contribution < -0.4 is 10.6 Å². The molecule has 7 heteroatoms. The molecule has 0 radical (unpaired) electrons. The second-order valence-corrected chi connectivity index (χ2v) is 10.5. The second kappa shape index (κ2) is 12.8. The van der Waals surface area contributed by atoms with Gasteiger partial charge in [-0.25, -0.2) is 4.79 Å². The maximum Gasteiger partial charge on any atom is 0.408 e. The van der Waals surface area contributed by atoms with Crippen LogP contribution in [0.4, 0.5) is 4.79 Å². The SMILES string of the molecule is CCCC(C)NC(=O)C(c1ccc(CC)cc1)N(C(=O)CNC(=O)OC(C)(C)C)C(C)(C)CC. The number of rotatable bonds is 11. The number of nitrogens with zero attached hydrogens (tertiary/aromatic N) is 1. The summed E-state index contributed by atoms with van der Waals surface area (Å²) < 4.78 is 5.28. The summed E-state index contributed by atoms with van der Waals surface area (Å²) in [5.41, 5.74) is 0.590. The van der Waals surface area contributed by atoms with E-state index in [1.165, 1.54) is 0 Å². The van der Waals surface area contributed by atoms with Gasteiger partial charge in [0.05, 0.1) is 0 Å². The Hall–Kier alpha value is -2.57. The highest BCUT2D eigenvalue weighted by Crippen LogP contribution is 2.31. The fraction of sp³-hybridized carbons (Fsp3) is 0.667. The van der Waals surface area contributed by atoms with Crippen LogP contribution in [0.25, 0.3) is 0 Å². The summed E-state index contributed by atoms with van der Waals surface area (Å²) in [6.45, 7) is 17.0. The summed E-state index contributed by atoms with van der Waals surface area (Å²) >= 11 is 0. The van der Waals surface area contributed by atoms with Crippen molar-refractivity contribution in [1.29, 1.82) is 0 Å². The van der Waals surface area contributed by atoms with E-state index in [9.17, 15) is 14.4 Å². The quantitative estimate of drug-likeness (QED) is 0.464. The lowest BCUT2D eigenvalue weighted by Gasteiger charge is -2.43. The molecule has 0 bridgehead atoms. The lowest BCUT2D eigenvalue weighted by atomic mass is 9.92. The molecule has 192 valence electrons. The maximum atomic E-state index is 13.6. The molecule has 0 spiro atoms. The van der Waals surface area contributed by atoms with Crippen molar-refractivity contribution in [3.05, 3.63) is 35.4 Å². The average molecular weight is 476 g/mol. The van der Waals surface area contributed by atoms with Crippen LogP contribution in [0.3, 0.4) is 0 Å². The summed E-state index contributed by atoms with van der Waals surface area (Å²) in [6.07, 6.45) is 2.64. The molecule has 34 heavy (non-hydrogen) atoms. The summed E-state index contributed by atoms with van der Waals surface area (Å²) in [6, 6.07) is 6.98. The summed E-state index contributed by atoms with van der Waals surface area (Å²) in [5, 5.41) is 5.65. The van der Waals surface area contributed by atoms with Crippen molar-refractivity contribution >= 4 is 17.9 Å². The second-order valence-electron chi connectivity index (χ2n) is 10.5. The molecule has 0 fully saturated rings. The first-order valence-electron chi connectivity index (χ1n) is 12.4. The summed E-state index contributed by atoms with van der Waals surface area (Å²) in [7, 11) is 0. The summed E-state index contributed by atoms with van der Waals surface area (Å²) in [4.78, 5) is 40.9. The van der Waals surface area contributed by atoms with E-state index in [1.807, 2.05) is 52.0 Å². The molecule has 0 saturated heterocycles. The van der Waals surface area contributed by atoms with Gasteiger partial charge in [0.15, 0.2) is 0 Å². The molecule has 7 nitrogen and oxygen atoms in total. The Morgan fingerprint density at radius 2 is 1.59 bits per heavy atom. The smallest absolute Gasteiger partial charge is 0.408 e. The molecule has 0 aromatic heterocycles. The first-order chi connectivity index (χ1) is 15.8. The molecule has 0 heterocycles. The molecule has 0 saturated carbocycles. The van der Waals surface area contributed by atoms with Gasteiger partial charge in [-0.05, 0) is 71.9 Å². The standard InChI is InChI=1S/C27H45N3O4/c1-10-13-19(4)29-24(32)23(21-16-14-20(11-2)15-17-21)30(27(8,9)12-3)22(31)18-28-25(33)34-26(5,6)7/h14-17,19,23H,10-13,18H2,1-9H3,(H,28,33)(H,29,32). The van der Waals surface area contributed by atoms with Gasteiger partial charge in [-0.15, -0.1) is 0 Å². The van der Waals surface area contributed by atoms with E-state index < -0.39 is 23.3 Å². The van der Waals surface area contributed by atoms with Crippen LogP contribution in [0.2, 0.25) is 0 Å². The number of hydrogen-bond donors (Lipinski definition) is 2. The molecule has 1 aromatic rings. The molecule has 0 aliphatic heterocycles. The highest BCUT2D eigenvalue weighted by molar-refractivity contribution is 5.91. The zero-order valence-corrected chi connectivity index (χ0v) is 22.6. The number of aryl methyl sites for hydroxylation is 1. The van der Waals surface area contributed by atoms with E-state index in [2.05, 4.69) is 24.5 Å². The third-order valence-electron chi connectivity index (χ3n) is 5.89. The minimum atomic E-state index is -0.826. The van der Waals surface area contributed by atoms with Crippen LogP contribution in [0.5, 0.6) is 0 Å². The molecule has 1 rings (SSSR count). The molecule has 0 aliphatic rings. The fourth-order valence-corrected chi connectivity index (χ4v) is 3.73. The van der Waals surface area contributed by atoms with Crippen LogP contribution in [-0.2, 0) is 20.7 Å². The lowest BCUT2D eigenvalue weighted by Crippen LogP contribution is -2.56. The van der Waals surface area contributed by atoms with Crippen LogP contribution in [0.1, 0.15) is 98.7 Å². The first kappa shape index (κ1) is 29.5. The summed E-state index contributed by atoms with van der Waals surface area (Å²) in [5.74, 6) is -0.571. The van der Waals surface area contributed by atoms with Gasteiger partial charge in [-0.2, -0.15) is 0 Å². The van der Waals surface area contributed by atoms with E-state index in [1.54, 1.807) is 25.7 Å². The minimum Gasteiger partial charge on any atom is -0.444 e. The van der Waals surface area contributed by atoms with Gasteiger partial charge >= 0.3 is 6.09 Å². The number of amides is 3. The Labute approximate surface area is 206 Å². The van der Waals surface area contributed by atoms with Gasteiger partial charge in [0.25, 0.3) is 0 Å². The van der Waals surface area contributed by atoms with Crippen molar-refractivity contribution in [3.63, 3.8) is 0 Å².